The SMILES string of the molecule is CCOC(=O)C1COC(=O)N1C1CCN(C(=O)c2nnc3cc(C)nn3c2C)CC1. The van der Waals surface area contributed by atoms with Crippen LogP contribution in [-0.4, -0.2) is 86.0 Å². The van der Waals surface area contributed by atoms with Gasteiger partial charge in [-0.3, -0.25) is 9.69 Å². The Labute approximate surface area is 172 Å². The second kappa shape index (κ2) is 7.88. The minimum absolute atomic E-state index is 0.00506. The maximum absolute atomic E-state index is 13.0. The van der Waals surface area contributed by atoms with Crippen LogP contribution in [0.3, 0.4) is 0 Å². The summed E-state index contributed by atoms with van der Waals surface area (Å²) in [6.45, 7) is 6.46. The highest BCUT2D eigenvalue weighted by Gasteiger charge is 2.44. The molecule has 2 aliphatic rings. The molecular weight excluding hydrogens is 392 g/mol. The van der Waals surface area contributed by atoms with Crippen molar-refractivity contribution in [1.29, 1.82) is 0 Å². The van der Waals surface area contributed by atoms with Crippen molar-refractivity contribution in [2.75, 3.05) is 26.3 Å². The molecule has 160 valence electrons. The zero-order valence-electron chi connectivity index (χ0n) is 17.2. The van der Waals surface area contributed by atoms with Crippen molar-refractivity contribution >= 4 is 23.6 Å². The molecule has 4 heterocycles. The molecule has 0 aromatic carbocycles. The van der Waals surface area contributed by atoms with Crippen LogP contribution < -0.4 is 0 Å². The van der Waals surface area contributed by atoms with Crippen molar-refractivity contribution < 1.29 is 23.9 Å². The van der Waals surface area contributed by atoms with Crippen LogP contribution >= 0.6 is 0 Å². The van der Waals surface area contributed by atoms with Gasteiger partial charge in [0.05, 0.1) is 18.0 Å². The number of cyclic esters (lactones) is 1. The first-order valence-corrected chi connectivity index (χ1v) is 10.0. The van der Waals surface area contributed by atoms with E-state index in [9.17, 15) is 14.4 Å². The monoisotopic (exact) mass is 416 g/mol. The number of amides is 2. The van der Waals surface area contributed by atoms with E-state index >= 15 is 0 Å². The van der Waals surface area contributed by atoms with Crippen LogP contribution in [0.15, 0.2) is 6.07 Å². The lowest BCUT2D eigenvalue weighted by Gasteiger charge is -2.37. The van der Waals surface area contributed by atoms with Gasteiger partial charge in [0.15, 0.2) is 17.4 Å². The Morgan fingerprint density at radius 3 is 2.67 bits per heavy atom. The fourth-order valence-corrected chi connectivity index (χ4v) is 4.03. The van der Waals surface area contributed by atoms with Crippen molar-refractivity contribution in [3.63, 3.8) is 0 Å². The van der Waals surface area contributed by atoms with Gasteiger partial charge in [-0.2, -0.15) is 5.10 Å². The normalized spacial score (nSPS) is 20.0. The predicted molar refractivity (Wildman–Crippen MR) is 103 cm³/mol. The summed E-state index contributed by atoms with van der Waals surface area (Å²) in [5.74, 6) is -0.685. The number of carbonyl (C=O) groups excluding carboxylic acids is 3. The number of ether oxygens (including phenoxy) is 2. The Hall–Kier alpha value is -3.24. The quantitative estimate of drug-likeness (QED) is 0.669. The molecule has 0 bridgehead atoms. The van der Waals surface area contributed by atoms with Crippen molar-refractivity contribution in [3.8, 4) is 0 Å². The molecule has 2 fully saturated rings. The molecule has 2 aliphatic heterocycles. The van der Waals surface area contributed by atoms with Crippen molar-refractivity contribution in [2.45, 2.75) is 45.7 Å². The Bertz CT molecular complexity index is 997. The van der Waals surface area contributed by atoms with Gasteiger partial charge in [0, 0.05) is 25.2 Å². The molecule has 4 rings (SSSR count). The average molecular weight is 416 g/mol. The van der Waals surface area contributed by atoms with Crippen LogP contribution in [0.25, 0.3) is 5.65 Å². The summed E-state index contributed by atoms with van der Waals surface area (Å²) in [4.78, 5) is 40.5. The number of nitrogens with zero attached hydrogens (tertiary/aromatic N) is 6. The van der Waals surface area contributed by atoms with Gasteiger partial charge in [-0.25, -0.2) is 14.1 Å². The van der Waals surface area contributed by atoms with Gasteiger partial charge < -0.3 is 14.4 Å². The van der Waals surface area contributed by atoms with E-state index in [0.29, 0.717) is 37.3 Å². The Balaban J connectivity index is 1.45. The molecule has 0 N–H and O–H groups in total. The van der Waals surface area contributed by atoms with Crippen LogP contribution in [0, 0.1) is 13.8 Å². The smallest absolute Gasteiger partial charge is 0.410 e. The zero-order valence-corrected chi connectivity index (χ0v) is 17.2. The first-order chi connectivity index (χ1) is 14.4. The standard InChI is InChI=1S/C19H24N6O5/c1-4-29-18(27)14-10-30-19(28)24(14)13-5-7-23(8-6-13)17(26)16-12(3)25-15(20-21-16)9-11(2)22-25/h9,13-14H,4-8,10H2,1-3H3. The molecule has 2 amide bonds. The molecule has 0 aliphatic carbocycles. The number of aromatic nitrogens is 4. The van der Waals surface area contributed by atoms with E-state index in [-0.39, 0.29) is 30.9 Å². The van der Waals surface area contributed by atoms with E-state index in [1.807, 2.05) is 6.92 Å². The number of carbonyl (C=O) groups is 3. The first kappa shape index (κ1) is 20.0. The molecule has 0 saturated carbocycles. The number of rotatable bonds is 4. The maximum atomic E-state index is 13.0. The van der Waals surface area contributed by atoms with Gasteiger partial charge in [-0.1, -0.05) is 0 Å². The lowest BCUT2D eigenvalue weighted by atomic mass is 10.0. The summed E-state index contributed by atoms with van der Waals surface area (Å²) in [5, 5.41) is 12.6. The van der Waals surface area contributed by atoms with Crippen molar-refractivity contribution in [2.24, 2.45) is 0 Å². The largest absolute Gasteiger partial charge is 0.464 e. The van der Waals surface area contributed by atoms with Gasteiger partial charge >= 0.3 is 12.1 Å². The summed E-state index contributed by atoms with van der Waals surface area (Å²) in [5.41, 5.74) is 2.28. The van der Waals surface area contributed by atoms with E-state index in [0.717, 1.165) is 5.69 Å². The van der Waals surface area contributed by atoms with E-state index in [2.05, 4.69) is 15.3 Å². The Morgan fingerprint density at radius 1 is 1.23 bits per heavy atom. The molecule has 11 nitrogen and oxygen atoms in total. The minimum Gasteiger partial charge on any atom is -0.464 e. The van der Waals surface area contributed by atoms with Crippen molar-refractivity contribution in [3.05, 3.63) is 23.1 Å². The molecule has 1 atom stereocenters. The number of hydrogen-bond donors (Lipinski definition) is 0. The van der Waals surface area contributed by atoms with Crippen LogP contribution in [0.2, 0.25) is 0 Å². The van der Waals surface area contributed by atoms with Gasteiger partial charge in [0.25, 0.3) is 5.91 Å². The third-order valence-corrected chi connectivity index (χ3v) is 5.54. The molecular formula is C19H24N6O5. The average Bonchev–Trinajstić information content (AvgIpc) is 3.31. The molecule has 2 aromatic heterocycles. The number of aryl methyl sites for hydroxylation is 2. The first-order valence-electron chi connectivity index (χ1n) is 10.0. The summed E-state index contributed by atoms with van der Waals surface area (Å²) in [6, 6.07) is 0.875. The van der Waals surface area contributed by atoms with E-state index < -0.39 is 18.1 Å². The zero-order chi connectivity index (χ0) is 21.4. The van der Waals surface area contributed by atoms with Crippen LogP contribution in [-0.2, 0) is 14.3 Å². The van der Waals surface area contributed by atoms with E-state index in [1.165, 1.54) is 4.90 Å². The number of likely N-dealkylation sites (tertiary alicyclic amines) is 1. The molecule has 2 aromatic rings. The van der Waals surface area contributed by atoms with E-state index in [1.54, 1.807) is 29.3 Å². The molecule has 2 saturated heterocycles. The van der Waals surface area contributed by atoms with Crippen LogP contribution in [0.1, 0.15) is 41.6 Å². The van der Waals surface area contributed by atoms with Gasteiger partial charge in [0.2, 0.25) is 0 Å². The second-order valence-corrected chi connectivity index (χ2v) is 7.47. The highest BCUT2D eigenvalue weighted by Crippen LogP contribution is 2.25. The lowest BCUT2D eigenvalue weighted by molar-refractivity contribution is -0.148. The van der Waals surface area contributed by atoms with Gasteiger partial charge in [-0.15, -0.1) is 10.2 Å². The number of fused-ring (bicyclic) bond motifs is 1. The summed E-state index contributed by atoms with van der Waals surface area (Å²) in [7, 11) is 0. The molecule has 1 unspecified atom stereocenters. The van der Waals surface area contributed by atoms with Gasteiger partial charge in [0.1, 0.15) is 6.61 Å². The Morgan fingerprint density at radius 2 is 1.97 bits per heavy atom. The minimum atomic E-state index is -0.733. The fraction of sp³-hybridized carbons (Fsp3) is 0.579. The third-order valence-electron chi connectivity index (χ3n) is 5.54. The highest BCUT2D eigenvalue weighted by molar-refractivity contribution is 5.93. The van der Waals surface area contributed by atoms with Crippen LogP contribution in [0.5, 0.6) is 0 Å². The number of piperidine rings is 1. The molecule has 30 heavy (non-hydrogen) atoms. The number of esters is 1. The Kier molecular flexibility index (Phi) is 5.27. The second-order valence-electron chi connectivity index (χ2n) is 7.47. The van der Waals surface area contributed by atoms with Gasteiger partial charge in [-0.05, 0) is 33.6 Å². The summed E-state index contributed by atoms with van der Waals surface area (Å²) in [6.07, 6.45) is 0.553. The molecule has 0 spiro atoms. The van der Waals surface area contributed by atoms with Crippen molar-refractivity contribution in [1.82, 2.24) is 29.6 Å². The molecule has 0 radical (unpaired) electrons. The summed E-state index contributed by atoms with van der Waals surface area (Å²) >= 11 is 0. The van der Waals surface area contributed by atoms with E-state index in [4.69, 9.17) is 9.47 Å². The predicted octanol–water partition coefficient (Wildman–Crippen LogP) is 0.730. The van der Waals surface area contributed by atoms with Crippen LogP contribution in [0.4, 0.5) is 4.79 Å². The maximum Gasteiger partial charge on any atom is 0.410 e. The lowest BCUT2D eigenvalue weighted by Crippen LogP contribution is -2.52. The fourth-order valence-electron chi connectivity index (χ4n) is 4.03. The number of hydrogen-bond acceptors (Lipinski definition) is 8. The topological polar surface area (TPSA) is 119 Å². The third kappa shape index (κ3) is 3.44. The summed E-state index contributed by atoms with van der Waals surface area (Å²) < 4.78 is 11.8. The molecule has 11 heteroatoms. The highest BCUT2D eigenvalue weighted by atomic mass is 16.6.